The van der Waals surface area contributed by atoms with Gasteiger partial charge in [-0.25, -0.2) is 4.79 Å². The molecule has 1 aliphatic heterocycles. The van der Waals surface area contributed by atoms with Gasteiger partial charge in [-0.05, 0) is 57.9 Å². The van der Waals surface area contributed by atoms with E-state index < -0.39 is 11.5 Å². The second-order valence-electron chi connectivity index (χ2n) is 6.64. The summed E-state index contributed by atoms with van der Waals surface area (Å²) in [5, 5.41) is 15.7. The molecule has 0 spiro atoms. The normalized spacial score (nSPS) is 38.2. The number of rotatable bonds is 3. The van der Waals surface area contributed by atoms with Crippen LogP contribution in [0, 0.1) is 11.8 Å². The predicted molar refractivity (Wildman–Crippen MR) is 76.3 cm³/mol. The molecule has 0 aromatic rings. The van der Waals surface area contributed by atoms with E-state index in [9.17, 15) is 14.7 Å². The highest BCUT2D eigenvalue weighted by atomic mass is 16.4. The van der Waals surface area contributed by atoms with E-state index in [-0.39, 0.29) is 11.8 Å². The molecule has 5 nitrogen and oxygen atoms in total. The SMILES string of the molecule is CC1CCC(NC(=O)C2CCNC(C)C2)(C(=O)O)CC1. The summed E-state index contributed by atoms with van der Waals surface area (Å²) in [7, 11) is 0. The minimum atomic E-state index is -1.03. The van der Waals surface area contributed by atoms with Crippen LogP contribution in [0.1, 0.15) is 52.4 Å². The lowest BCUT2D eigenvalue weighted by Crippen LogP contribution is -2.58. The van der Waals surface area contributed by atoms with Crippen molar-refractivity contribution in [3.8, 4) is 0 Å². The predicted octanol–water partition coefficient (Wildman–Crippen LogP) is 1.52. The van der Waals surface area contributed by atoms with Gasteiger partial charge in [0, 0.05) is 12.0 Å². The minimum Gasteiger partial charge on any atom is -0.480 e. The number of piperidine rings is 1. The summed E-state index contributed by atoms with van der Waals surface area (Å²) in [5.41, 5.74) is -1.03. The van der Waals surface area contributed by atoms with Crippen LogP contribution in [-0.2, 0) is 9.59 Å². The average Bonchev–Trinajstić information content (AvgIpc) is 2.41. The van der Waals surface area contributed by atoms with Crippen molar-refractivity contribution in [2.24, 2.45) is 11.8 Å². The molecule has 0 bridgehead atoms. The van der Waals surface area contributed by atoms with Gasteiger partial charge >= 0.3 is 5.97 Å². The number of nitrogens with one attached hydrogen (secondary N) is 2. The van der Waals surface area contributed by atoms with Crippen molar-refractivity contribution in [3.63, 3.8) is 0 Å². The molecule has 2 rings (SSSR count). The molecular formula is C15H26N2O3. The van der Waals surface area contributed by atoms with E-state index in [1.54, 1.807) is 0 Å². The molecule has 1 saturated heterocycles. The van der Waals surface area contributed by atoms with Crippen molar-refractivity contribution in [3.05, 3.63) is 0 Å². The molecule has 20 heavy (non-hydrogen) atoms. The number of carboxylic acids is 1. The van der Waals surface area contributed by atoms with Gasteiger partial charge in [0.1, 0.15) is 5.54 Å². The summed E-state index contributed by atoms with van der Waals surface area (Å²) < 4.78 is 0. The van der Waals surface area contributed by atoms with Crippen molar-refractivity contribution in [2.75, 3.05) is 6.54 Å². The monoisotopic (exact) mass is 282 g/mol. The molecule has 2 atom stereocenters. The number of carbonyl (C=O) groups excluding carboxylic acids is 1. The second-order valence-corrected chi connectivity index (χ2v) is 6.64. The third-order valence-corrected chi connectivity index (χ3v) is 4.89. The van der Waals surface area contributed by atoms with Gasteiger partial charge < -0.3 is 15.7 Å². The van der Waals surface area contributed by atoms with E-state index in [0.29, 0.717) is 24.8 Å². The zero-order valence-corrected chi connectivity index (χ0v) is 12.4. The molecule has 0 aromatic heterocycles. The van der Waals surface area contributed by atoms with Crippen LogP contribution in [-0.4, -0.2) is 35.1 Å². The number of carbonyl (C=O) groups is 2. The molecule has 2 fully saturated rings. The Morgan fingerprint density at radius 1 is 1.20 bits per heavy atom. The Balaban J connectivity index is 2.01. The van der Waals surface area contributed by atoms with Crippen LogP contribution in [0.2, 0.25) is 0 Å². The topological polar surface area (TPSA) is 78.4 Å². The first kappa shape index (κ1) is 15.3. The Labute approximate surface area is 120 Å². The van der Waals surface area contributed by atoms with Crippen molar-refractivity contribution in [1.82, 2.24) is 10.6 Å². The van der Waals surface area contributed by atoms with Crippen LogP contribution < -0.4 is 10.6 Å². The molecule has 1 aliphatic carbocycles. The number of carboxylic acid groups (broad SMARTS) is 1. The average molecular weight is 282 g/mol. The first-order valence-corrected chi connectivity index (χ1v) is 7.72. The van der Waals surface area contributed by atoms with Crippen LogP contribution in [0.3, 0.4) is 0 Å². The standard InChI is InChI=1S/C15H26N2O3/c1-10-3-6-15(7-4-10,14(19)20)17-13(18)12-5-8-16-11(2)9-12/h10-12,16H,3-9H2,1-2H3,(H,17,18)(H,19,20). The van der Waals surface area contributed by atoms with E-state index in [2.05, 4.69) is 24.5 Å². The van der Waals surface area contributed by atoms with E-state index in [4.69, 9.17) is 0 Å². The molecule has 0 aromatic carbocycles. The van der Waals surface area contributed by atoms with Crippen LogP contribution >= 0.6 is 0 Å². The third kappa shape index (κ3) is 3.32. The maximum Gasteiger partial charge on any atom is 0.329 e. The summed E-state index contributed by atoms with van der Waals surface area (Å²) >= 11 is 0. The fraction of sp³-hybridized carbons (Fsp3) is 0.867. The number of aliphatic carboxylic acids is 1. The molecule has 114 valence electrons. The largest absolute Gasteiger partial charge is 0.480 e. The van der Waals surface area contributed by atoms with Gasteiger partial charge in [0.25, 0.3) is 0 Å². The molecule has 1 saturated carbocycles. The molecule has 1 amide bonds. The van der Waals surface area contributed by atoms with Crippen LogP contribution in [0.25, 0.3) is 0 Å². The smallest absolute Gasteiger partial charge is 0.329 e. The van der Waals surface area contributed by atoms with Crippen molar-refractivity contribution < 1.29 is 14.7 Å². The number of hydrogen-bond acceptors (Lipinski definition) is 3. The van der Waals surface area contributed by atoms with Gasteiger partial charge in [0.2, 0.25) is 5.91 Å². The highest BCUT2D eigenvalue weighted by molar-refractivity contribution is 5.88. The highest BCUT2D eigenvalue weighted by Crippen LogP contribution is 2.33. The van der Waals surface area contributed by atoms with E-state index >= 15 is 0 Å². The number of amides is 1. The Bertz CT molecular complexity index is 375. The van der Waals surface area contributed by atoms with Gasteiger partial charge in [-0.15, -0.1) is 0 Å². The molecular weight excluding hydrogens is 256 g/mol. The zero-order chi connectivity index (χ0) is 14.8. The molecule has 5 heteroatoms. The summed E-state index contributed by atoms with van der Waals surface area (Å²) in [4.78, 5) is 24.0. The maximum absolute atomic E-state index is 12.4. The van der Waals surface area contributed by atoms with E-state index in [0.717, 1.165) is 32.2 Å². The van der Waals surface area contributed by atoms with Gasteiger partial charge in [-0.3, -0.25) is 4.79 Å². The van der Waals surface area contributed by atoms with Crippen LogP contribution in [0.15, 0.2) is 0 Å². The third-order valence-electron chi connectivity index (χ3n) is 4.89. The van der Waals surface area contributed by atoms with Gasteiger partial charge in [0.05, 0.1) is 0 Å². The van der Waals surface area contributed by atoms with Crippen molar-refractivity contribution in [1.29, 1.82) is 0 Å². The lowest BCUT2D eigenvalue weighted by molar-refractivity contribution is -0.150. The Hall–Kier alpha value is -1.10. The quantitative estimate of drug-likeness (QED) is 0.733. The van der Waals surface area contributed by atoms with E-state index in [1.807, 2.05) is 0 Å². The Morgan fingerprint density at radius 2 is 1.85 bits per heavy atom. The Kier molecular flexibility index (Phi) is 4.68. The van der Waals surface area contributed by atoms with Crippen molar-refractivity contribution in [2.45, 2.75) is 64.0 Å². The fourth-order valence-corrected chi connectivity index (χ4v) is 3.36. The van der Waals surface area contributed by atoms with Crippen molar-refractivity contribution >= 4 is 11.9 Å². The lowest BCUT2D eigenvalue weighted by atomic mass is 9.76. The Morgan fingerprint density at radius 3 is 2.40 bits per heavy atom. The summed E-state index contributed by atoms with van der Waals surface area (Å²) in [5.74, 6) is -0.449. The van der Waals surface area contributed by atoms with Gasteiger partial charge in [-0.2, -0.15) is 0 Å². The highest BCUT2D eigenvalue weighted by Gasteiger charge is 2.43. The zero-order valence-electron chi connectivity index (χ0n) is 12.4. The minimum absolute atomic E-state index is 0.0539. The maximum atomic E-state index is 12.4. The second kappa shape index (κ2) is 6.12. The summed E-state index contributed by atoms with van der Waals surface area (Å²) in [6.45, 7) is 5.03. The summed E-state index contributed by atoms with van der Waals surface area (Å²) in [6, 6.07) is 0.326. The fourth-order valence-electron chi connectivity index (χ4n) is 3.36. The van der Waals surface area contributed by atoms with Crippen LogP contribution in [0.5, 0.6) is 0 Å². The molecule has 3 N–H and O–H groups in total. The first-order valence-electron chi connectivity index (χ1n) is 7.72. The molecule has 0 radical (unpaired) electrons. The first-order chi connectivity index (χ1) is 9.43. The van der Waals surface area contributed by atoms with Gasteiger partial charge in [-0.1, -0.05) is 6.92 Å². The van der Waals surface area contributed by atoms with Crippen LogP contribution in [0.4, 0.5) is 0 Å². The molecule has 2 unspecified atom stereocenters. The molecule has 2 aliphatic rings. The molecule has 1 heterocycles. The lowest BCUT2D eigenvalue weighted by Gasteiger charge is -2.38. The van der Waals surface area contributed by atoms with E-state index in [1.165, 1.54) is 0 Å². The number of hydrogen-bond donors (Lipinski definition) is 3. The van der Waals surface area contributed by atoms with Gasteiger partial charge in [0.15, 0.2) is 0 Å². The summed E-state index contributed by atoms with van der Waals surface area (Å²) in [6.07, 6.45) is 4.43.